The van der Waals surface area contributed by atoms with Crippen LogP contribution in [-0.2, 0) is 4.79 Å². The maximum Gasteiger partial charge on any atom is 0.237 e. The molecule has 0 fully saturated rings. The molecule has 0 bridgehead atoms. The summed E-state index contributed by atoms with van der Waals surface area (Å²) in [6, 6.07) is 8.69. The predicted molar refractivity (Wildman–Crippen MR) is 91.8 cm³/mol. The Morgan fingerprint density at radius 3 is 2.90 bits per heavy atom. The number of hydrogen-bond acceptors (Lipinski definition) is 4. The van der Waals surface area contributed by atoms with Crippen LogP contribution in [0, 0.1) is 0 Å². The van der Waals surface area contributed by atoms with Crippen LogP contribution in [0.25, 0.3) is 0 Å². The lowest BCUT2D eigenvalue weighted by Crippen LogP contribution is -2.22. The Morgan fingerprint density at radius 2 is 2.24 bits per heavy atom. The Morgan fingerprint density at radius 1 is 1.48 bits per heavy atom. The van der Waals surface area contributed by atoms with Gasteiger partial charge in [-0.25, -0.2) is 4.98 Å². The number of rotatable bonds is 4. The molecule has 2 aromatic rings. The number of benzene rings is 1. The van der Waals surface area contributed by atoms with Gasteiger partial charge in [0.15, 0.2) is 0 Å². The van der Waals surface area contributed by atoms with Crippen LogP contribution >= 0.6 is 39.3 Å². The molecular formula is C14H13BrClN3OS. The van der Waals surface area contributed by atoms with Crippen molar-refractivity contribution in [2.24, 2.45) is 0 Å². The van der Waals surface area contributed by atoms with Crippen molar-refractivity contribution in [1.29, 1.82) is 0 Å². The molecule has 1 heterocycles. The number of anilines is 2. The molecule has 3 N–H and O–H groups in total. The van der Waals surface area contributed by atoms with Gasteiger partial charge in [-0.15, -0.1) is 0 Å². The van der Waals surface area contributed by atoms with E-state index in [-0.39, 0.29) is 11.2 Å². The van der Waals surface area contributed by atoms with Crippen LogP contribution in [0.1, 0.15) is 6.92 Å². The number of nitrogens with zero attached hydrogens (tertiary/aromatic N) is 1. The highest BCUT2D eigenvalue weighted by Gasteiger charge is 2.17. The second kappa shape index (κ2) is 7.15. The van der Waals surface area contributed by atoms with E-state index < -0.39 is 0 Å². The summed E-state index contributed by atoms with van der Waals surface area (Å²) in [5, 5.41) is 3.66. The minimum atomic E-state index is -0.315. The molecule has 1 aromatic heterocycles. The minimum absolute atomic E-state index is 0.149. The number of amides is 1. The first-order valence-corrected chi connectivity index (χ1v) is 8.15. The smallest absolute Gasteiger partial charge is 0.237 e. The van der Waals surface area contributed by atoms with Crippen molar-refractivity contribution < 1.29 is 4.79 Å². The third kappa shape index (κ3) is 4.36. The van der Waals surface area contributed by atoms with Crippen LogP contribution in [0.4, 0.5) is 11.4 Å². The molecule has 2 rings (SSSR count). The number of carbonyl (C=O) groups excluding carboxylic acids is 1. The van der Waals surface area contributed by atoms with E-state index in [0.29, 0.717) is 16.4 Å². The Labute approximate surface area is 140 Å². The molecule has 7 heteroatoms. The van der Waals surface area contributed by atoms with Gasteiger partial charge in [0.1, 0.15) is 5.03 Å². The fraction of sp³-hybridized carbons (Fsp3) is 0.143. The zero-order chi connectivity index (χ0) is 15.4. The van der Waals surface area contributed by atoms with Crippen molar-refractivity contribution in [2.45, 2.75) is 17.2 Å². The van der Waals surface area contributed by atoms with Crippen LogP contribution in [0.2, 0.25) is 5.02 Å². The molecule has 0 aliphatic rings. The number of nitrogen functional groups attached to an aromatic ring is 1. The summed E-state index contributed by atoms with van der Waals surface area (Å²) in [6.45, 7) is 1.81. The highest BCUT2D eigenvalue weighted by molar-refractivity contribution is 9.10. The number of pyridine rings is 1. The maximum absolute atomic E-state index is 12.2. The van der Waals surface area contributed by atoms with Crippen molar-refractivity contribution in [3.8, 4) is 0 Å². The number of nitrogens with two attached hydrogens (primary N) is 1. The van der Waals surface area contributed by atoms with Crippen LogP contribution < -0.4 is 11.1 Å². The third-order valence-corrected chi connectivity index (χ3v) is 4.96. The summed E-state index contributed by atoms with van der Waals surface area (Å²) in [6.07, 6.45) is 1.69. The van der Waals surface area contributed by atoms with E-state index in [4.69, 9.17) is 17.3 Å². The van der Waals surface area contributed by atoms with Gasteiger partial charge in [0.05, 0.1) is 16.0 Å². The zero-order valence-electron chi connectivity index (χ0n) is 11.1. The van der Waals surface area contributed by atoms with Gasteiger partial charge < -0.3 is 11.1 Å². The Hall–Kier alpha value is -1.24. The van der Waals surface area contributed by atoms with Crippen LogP contribution in [-0.4, -0.2) is 16.1 Å². The van der Waals surface area contributed by atoms with E-state index in [2.05, 4.69) is 26.2 Å². The molecule has 1 aromatic carbocycles. The van der Waals surface area contributed by atoms with Crippen LogP contribution in [0.15, 0.2) is 46.0 Å². The largest absolute Gasteiger partial charge is 0.399 e. The van der Waals surface area contributed by atoms with Crippen molar-refractivity contribution in [3.63, 3.8) is 0 Å². The normalized spacial score (nSPS) is 12.0. The van der Waals surface area contributed by atoms with E-state index in [1.165, 1.54) is 11.8 Å². The number of nitrogens with one attached hydrogen (secondary N) is 1. The highest BCUT2D eigenvalue weighted by Crippen LogP contribution is 2.30. The SMILES string of the molecule is CC(Sc1ncccc1Br)C(=O)Nc1ccc(N)cc1Cl. The lowest BCUT2D eigenvalue weighted by atomic mass is 10.2. The van der Waals surface area contributed by atoms with Crippen LogP contribution in [0.5, 0.6) is 0 Å². The molecule has 0 aliphatic carbocycles. The summed E-state index contributed by atoms with van der Waals surface area (Å²) in [5.74, 6) is -0.149. The lowest BCUT2D eigenvalue weighted by molar-refractivity contribution is -0.115. The first-order chi connectivity index (χ1) is 9.97. The van der Waals surface area contributed by atoms with E-state index >= 15 is 0 Å². The van der Waals surface area contributed by atoms with Crippen LogP contribution in [0.3, 0.4) is 0 Å². The average molecular weight is 387 g/mol. The van der Waals surface area contributed by atoms with Gasteiger partial charge in [-0.05, 0) is 53.2 Å². The van der Waals surface area contributed by atoms with Gasteiger partial charge in [-0.2, -0.15) is 0 Å². The number of halogens is 2. The Kier molecular flexibility index (Phi) is 5.50. The minimum Gasteiger partial charge on any atom is -0.399 e. The quantitative estimate of drug-likeness (QED) is 0.610. The molecule has 1 amide bonds. The van der Waals surface area contributed by atoms with E-state index in [1.807, 2.05) is 19.1 Å². The summed E-state index contributed by atoms with van der Waals surface area (Å²) in [4.78, 5) is 16.4. The average Bonchev–Trinajstić information content (AvgIpc) is 2.44. The van der Waals surface area contributed by atoms with Gasteiger partial charge in [0.2, 0.25) is 5.91 Å². The van der Waals surface area contributed by atoms with Crippen molar-refractivity contribution >= 4 is 56.6 Å². The molecular weight excluding hydrogens is 374 g/mol. The summed E-state index contributed by atoms with van der Waals surface area (Å²) in [5.41, 5.74) is 6.72. The first-order valence-electron chi connectivity index (χ1n) is 6.10. The molecule has 1 unspecified atom stereocenters. The van der Waals surface area contributed by atoms with Gasteiger partial charge in [-0.3, -0.25) is 4.79 Å². The van der Waals surface area contributed by atoms with Gasteiger partial charge >= 0.3 is 0 Å². The number of thioether (sulfide) groups is 1. The zero-order valence-corrected chi connectivity index (χ0v) is 14.3. The second-order valence-corrected chi connectivity index (χ2v) is 6.87. The number of carbonyl (C=O) groups is 1. The molecule has 0 aliphatic heterocycles. The monoisotopic (exact) mass is 385 g/mol. The molecule has 0 radical (unpaired) electrons. The molecule has 4 nitrogen and oxygen atoms in total. The number of aromatic nitrogens is 1. The fourth-order valence-corrected chi connectivity index (χ4v) is 3.12. The molecule has 0 saturated carbocycles. The molecule has 0 saturated heterocycles. The van der Waals surface area contributed by atoms with Crippen molar-refractivity contribution in [2.75, 3.05) is 11.1 Å². The van der Waals surface area contributed by atoms with Gasteiger partial charge in [0.25, 0.3) is 0 Å². The van der Waals surface area contributed by atoms with Crippen molar-refractivity contribution in [3.05, 3.63) is 46.0 Å². The van der Waals surface area contributed by atoms with E-state index in [0.717, 1.165) is 9.50 Å². The molecule has 0 spiro atoms. The maximum atomic E-state index is 12.2. The number of hydrogen-bond donors (Lipinski definition) is 2. The second-order valence-electron chi connectivity index (χ2n) is 4.28. The molecule has 110 valence electrons. The van der Waals surface area contributed by atoms with Crippen molar-refractivity contribution in [1.82, 2.24) is 4.98 Å². The van der Waals surface area contributed by atoms with Gasteiger partial charge in [0, 0.05) is 16.4 Å². The van der Waals surface area contributed by atoms with E-state index in [9.17, 15) is 4.79 Å². The van der Waals surface area contributed by atoms with Gasteiger partial charge in [-0.1, -0.05) is 23.4 Å². The standard InChI is InChI=1S/C14H13BrClN3OS/c1-8(21-14-10(15)3-2-6-18-14)13(20)19-12-5-4-9(17)7-11(12)16/h2-8H,17H2,1H3,(H,19,20). The Balaban J connectivity index is 2.04. The summed E-state index contributed by atoms with van der Waals surface area (Å²) in [7, 11) is 0. The predicted octanol–water partition coefficient (Wildman–Crippen LogP) is 4.20. The summed E-state index contributed by atoms with van der Waals surface area (Å²) < 4.78 is 0.861. The Bertz CT molecular complexity index is 668. The molecule has 21 heavy (non-hydrogen) atoms. The summed E-state index contributed by atoms with van der Waals surface area (Å²) >= 11 is 10.8. The first kappa shape index (κ1) is 16.1. The lowest BCUT2D eigenvalue weighted by Gasteiger charge is -2.13. The topological polar surface area (TPSA) is 68.0 Å². The van der Waals surface area contributed by atoms with E-state index in [1.54, 1.807) is 24.4 Å². The highest BCUT2D eigenvalue weighted by atomic mass is 79.9. The third-order valence-electron chi connectivity index (χ3n) is 2.63. The molecule has 1 atom stereocenters. The fourth-order valence-electron chi connectivity index (χ4n) is 1.55.